The van der Waals surface area contributed by atoms with Crippen molar-refractivity contribution in [1.82, 2.24) is 10.6 Å². The molecule has 2 aromatic rings. The lowest BCUT2D eigenvalue weighted by molar-refractivity contribution is 0.339. The monoisotopic (exact) mass is 361 g/mol. The Morgan fingerprint density at radius 3 is 2.35 bits per heavy atom. The van der Waals surface area contributed by atoms with Crippen molar-refractivity contribution in [2.75, 3.05) is 20.8 Å². The van der Waals surface area contributed by atoms with E-state index in [1.54, 1.807) is 18.2 Å². The maximum absolute atomic E-state index is 13.3. The van der Waals surface area contributed by atoms with Crippen molar-refractivity contribution in [3.8, 4) is 17.2 Å². The Kier molecular flexibility index (Phi) is 7.08. The number of aromatic hydroxyl groups is 1. The van der Waals surface area contributed by atoms with Crippen LogP contribution >= 0.6 is 0 Å². The summed E-state index contributed by atoms with van der Waals surface area (Å²) in [5.41, 5.74) is 1.64. The highest BCUT2D eigenvalue weighted by Crippen LogP contribution is 2.37. The summed E-state index contributed by atoms with van der Waals surface area (Å²) in [5, 5.41) is 16.3. The van der Waals surface area contributed by atoms with E-state index in [9.17, 15) is 9.50 Å². The van der Waals surface area contributed by atoms with Gasteiger partial charge in [0.05, 0.1) is 20.8 Å². The van der Waals surface area contributed by atoms with E-state index in [4.69, 9.17) is 9.47 Å². The first-order valence-electron chi connectivity index (χ1n) is 8.27. The van der Waals surface area contributed by atoms with Gasteiger partial charge in [-0.3, -0.25) is 0 Å². The summed E-state index contributed by atoms with van der Waals surface area (Å²) in [5.74, 6) is 0.940. The number of hydrogen-bond acceptors (Lipinski definition) is 4. The lowest BCUT2D eigenvalue weighted by Crippen LogP contribution is -2.36. The van der Waals surface area contributed by atoms with E-state index in [1.165, 1.54) is 26.4 Å². The molecule has 26 heavy (non-hydrogen) atoms. The number of phenols is 1. The fourth-order valence-corrected chi connectivity index (χ4v) is 2.38. The molecule has 7 heteroatoms. The third kappa shape index (κ3) is 5.27. The van der Waals surface area contributed by atoms with Crippen molar-refractivity contribution in [3.63, 3.8) is 0 Å². The van der Waals surface area contributed by atoms with Crippen LogP contribution in [0.3, 0.4) is 0 Å². The van der Waals surface area contributed by atoms with Crippen LogP contribution in [0, 0.1) is 5.82 Å². The number of nitrogens with zero attached hydrogens (tertiary/aromatic N) is 1. The summed E-state index contributed by atoms with van der Waals surface area (Å²) < 4.78 is 23.6. The van der Waals surface area contributed by atoms with E-state index in [0.29, 0.717) is 37.1 Å². The van der Waals surface area contributed by atoms with Crippen LogP contribution in [0.5, 0.6) is 17.2 Å². The summed E-state index contributed by atoms with van der Waals surface area (Å²) >= 11 is 0. The van der Waals surface area contributed by atoms with E-state index in [2.05, 4.69) is 15.6 Å². The van der Waals surface area contributed by atoms with Gasteiger partial charge in [0.15, 0.2) is 17.5 Å². The Labute approximate surface area is 152 Å². The van der Waals surface area contributed by atoms with Crippen LogP contribution in [0.25, 0.3) is 0 Å². The van der Waals surface area contributed by atoms with Crippen molar-refractivity contribution in [2.24, 2.45) is 4.99 Å². The number of ether oxygens (including phenoxy) is 2. The van der Waals surface area contributed by atoms with Crippen LogP contribution in [0.2, 0.25) is 0 Å². The predicted octanol–water partition coefficient (Wildman–Crippen LogP) is 2.80. The average Bonchev–Trinajstić information content (AvgIpc) is 2.64. The molecule has 6 nitrogen and oxygen atoms in total. The maximum atomic E-state index is 13.3. The summed E-state index contributed by atoms with van der Waals surface area (Å²) in [6.07, 6.45) is 0. The minimum atomic E-state index is -0.269. The van der Waals surface area contributed by atoms with E-state index in [1.807, 2.05) is 13.0 Å². The molecule has 2 rings (SSSR count). The Hall–Kier alpha value is -2.96. The number of guanidine groups is 1. The average molecular weight is 361 g/mol. The topological polar surface area (TPSA) is 75.1 Å². The van der Waals surface area contributed by atoms with E-state index in [0.717, 1.165) is 11.1 Å². The van der Waals surface area contributed by atoms with Crippen LogP contribution in [0.15, 0.2) is 41.4 Å². The normalized spacial score (nSPS) is 11.2. The number of halogens is 1. The SMILES string of the molecule is CCNC(=NCc1cc(OC)c(O)c(OC)c1)NCc1cccc(F)c1. The van der Waals surface area contributed by atoms with Gasteiger partial charge < -0.3 is 25.2 Å². The number of nitrogens with one attached hydrogen (secondary N) is 2. The summed E-state index contributed by atoms with van der Waals surface area (Å²) in [6, 6.07) is 9.82. The van der Waals surface area contributed by atoms with E-state index < -0.39 is 0 Å². The Bertz CT molecular complexity index is 740. The van der Waals surface area contributed by atoms with E-state index >= 15 is 0 Å². The van der Waals surface area contributed by atoms with Gasteiger partial charge in [-0.2, -0.15) is 0 Å². The fraction of sp³-hybridized carbons (Fsp3) is 0.316. The van der Waals surface area contributed by atoms with Crippen LogP contribution < -0.4 is 20.1 Å². The first-order chi connectivity index (χ1) is 12.6. The molecule has 2 aromatic carbocycles. The maximum Gasteiger partial charge on any atom is 0.200 e. The third-order valence-electron chi connectivity index (χ3n) is 3.65. The highest BCUT2D eigenvalue weighted by atomic mass is 19.1. The molecule has 0 fully saturated rings. The van der Waals surface area contributed by atoms with Gasteiger partial charge in [0.1, 0.15) is 5.82 Å². The molecule has 0 amide bonds. The zero-order valence-corrected chi connectivity index (χ0v) is 15.2. The molecule has 0 atom stereocenters. The van der Waals surface area contributed by atoms with Gasteiger partial charge in [0, 0.05) is 13.1 Å². The number of phenolic OH excluding ortho intramolecular Hbond substituents is 1. The lowest BCUT2D eigenvalue weighted by Gasteiger charge is -2.13. The Balaban J connectivity index is 2.11. The Morgan fingerprint density at radius 2 is 1.77 bits per heavy atom. The largest absolute Gasteiger partial charge is 0.502 e. The molecule has 0 aromatic heterocycles. The van der Waals surface area contributed by atoms with Gasteiger partial charge in [0.25, 0.3) is 0 Å². The van der Waals surface area contributed by atoms with Crippen molar-refractivity contribution in [2.45, 2.75) is 20.0 Å². The second kappa shape index (κ2) is 9.50. The number of rotatable bonds is 7. The summed E-state index contributed by atoms with van der Waals surface area (Å²) in [4.78, 5) is 4.51. The first kappa shape index (κ1) is 19.4. The summed E-state index contributed by atoms with van der Waals surface area (Å²) in [7, 11) is 2.96. The zero-order valence-electron chi connectivity index (χ0n) is 15.2. The van der Waals surface area contributed by atoms with Crippen molar-refractivity contribution in [3.05, 3.63) is 53.3 Å². The molecular formula is C19H24FN3O3. The highest BCUT2D eigenvalue weighted by Gasteiger charge is 2.11. The molecule has 0 heterocycles. The van der Waals surface area contributed by atoms with Crippen LogP contribution in [-0.4, -0.2) is 31.8 Å². The van der Waals surface area contributed by atoms with Crippen molar-refractivity contribution >= 4 is 5.96 Å². The molecule has 0 aliphatic carbocycles. The highest BCUT2D eigenvalue weighted by molar-refractivity contribution is 5.79. The molecule has 140 valence electrons. The lowest BCUT2D eigenvalue weighted by atomic mass is 10.2. The molecule has 0 unspecified atom stereocenters. The predicted molar refractivity (Wildman–Crippen MR) is 99.3 cm³/mol. The van der Waals surface area contributed by atoms with Gasteiger partial charge in [-0.05, 0) is 42.3 Å². The number of methoxy groups -OCH3 is 2. The van der Waals surface area contributed by atoms with Crippen molar-refractivity contribution < 1.29 is 19.0 Å². The van der Waals surface area contributed by atoms with E-state index in [-0.39, 0.29) is 11.6 Å². The number of benzene rings is 2. The molecule has 0 aliphatic heterocycles. The molecule has 0 radical (unpaired) electrons. The standard InChI is InChI=1S/C19H24FN3O3/c1-4-21-19(22-11-13-6-5-7-15(20)8-13)23-12-14-9-16(25-2)18(24)17(10-14)26-3/h5-10,24H,4,11-12H2,1-3H3,(H2,21,22,23). The minimum absolute atomic E-state index is 0.0427. The second-order valence-electron chi connectivity index (χ2n) is 5.53. The smallest absolute Gasteiger partial charge is 0.200 e. The molecule has 0 saturated heterocycles. The summed E-state index contributed by atoms with van der Waals surface area (Å²) in [6.45, 7) is 3.46. The number of aliphatic imine (C=N–C) groups is 1. The van der Waals surface area contributed by atoms with Crippen LogP contribution in [0.4, 0.5) is 4.39 Å². The van der Waals surface area contributed by atoms with Gasteiger partial charge in [-0.25, -0.2) is 9.38 Å². The van der Waals surface area contributed by atoms with Gasteiger partial charge in [-0.1, -0.05) is 12.1 Å². The van der Waals surface area contributed by atoms with Crippen LogP contribution in [0.1, 0.15) is 18.1 Å². The van der Waals surface area contributed by atoms with Gasteiger partial charge >= 0.3 is 0 Å². The van der Waals surface area contributed by atoms with Gasteiger partial charge in [0.2, 0.25) is 5.75 Å². The molecule has 0 spiro atoms. The minimum Gasteiger partial charge on any atom is -0.502 e. The molecule has 0 bridgehead atoms. The Morgan fingerprint density at radius 1 is 1.08 bits per heavy atom. The first-order valence-corrected chi connectivity index (χ1v) is 8.27. The van der Waals surface area contributed by atoms with Crippen molar-refractivity contribution in [1.29, 1.82) is 0 Å². The van der Waals surface area contributed by atoms with Crippen LogP contribution in [-0.2, 0) is 13.1 Å². The quantitative estimate of drug-likeness (QED) is 0.522. The third-order valence-corrected chi connectivity index (χ3v) is 3.65. The molecule has 0 aliphatic rings. The zero-order chi connectivity index (χ0) is 18.9. The molecular weight excluding hydrogens is 337 g/mol. The molecule has 3 N–H and O–H groups in total. The van der Waals surface area contributed by atoms with Gasteiger partial charge in [-0.15, -0.1) is 0 Å². The second-order valence-corrected chi connectivity index (χ2v) is 5.53. The fourth-order valence-electron chi connectivity index (χ4n) is 2.38. The molecule has 0 saturated carbocycles. The number of hydrogen-bond donors (Lipinski definition) is 3.